The third-order valence-corrected chi connectivity index (χ3v) is 5.18. The topological polar surface area (TPSA) is 41.6 Å². The standard InChI is InChI=1S/C23H22N2O2/c1-23(24-21-11-7-6-10-20(21)22(26)25(23)2)18-12-14-19(15-13-18)27-16-17-8-4-3-5-9-17/h3-15,24H,16H2,1-2H3. The molecule has 1 heterocycles. The quantitative estimate of drug-likeness (QED) is 0.739. The number of amides is 1. The number of ether oxygens (including phenoxy) is 1. The Kier molecular flexibility index (Phi) is 4.32. The Labute approximate surface area is 159 Å². The van der Waals surface area contributed by atoms with Crippen molar-refractivity contribution in [1.82, 2.24) is 4.90 Å². The van der Waals surface area contributed by atoms with Gasteiger partial charge >= 0.3 is 0 Å². The maximum absolute atomic E-state index is 12.8. The molecule has 0 fully saturated rings. The first-order valence-corrected chi connectivity index (χ1v) is 9.00. The lowest BCUT2D eigenvalue weighted by Crippen LogP contribution is -2.53. The number of benzene rings is 3. The summed E-state index contributed by atoms with van der Waals surface area (Å²) in [6.45, 7) is 2.54. The van der Waals surface area contributed by atoms with E-state index in [1.807, 2.05) is 92.8 Å². The molecular weight excluding hydrogens is 336 g/mol. The highest BCUT2D eigenvalue weighted by Gasteiger charge is 2.40. The van der Waals surface area contributed by atoms with Crippen LogP contribution in [0.15, 0.2) is 78.9 Å². The molecule has 3 aromatic carbocycles. The molecule has 4 rings (SSSR count). The molecule has 0 aromatic heterocycles. The van der Waals surface area contributed by atoms with E-state index < -0.39 is 5.66 Å². The van der Waals surface area contributed by atoms with Crippen LogP contribution in [0.3, 0.4) is 0 Å². The molecule has 0 saturated carbocycles. The molecule has 0 saturated heterocycles. The fourth-order valence-corrected chi connectivity index (χ4v) is 3.39. The Morgan fingerprint density at radius 1 is 0.926 bits per heavy atom. The van der Waals surface area contributed by atoms with Gasteiger partial charge in [-0.05, 0) is 42.3 Å². The van der Waals surface area contributed by atoms with Gasteiger partial charge in [0.15, 0.2) is 0 Å². The van der Waals surface area contributed by atoms with E-state index in [1.165, 1.54) is 0 Å². The van der Waals surface area contributed by atoms with E-state index in [4.69, 9.17) is 4.74 Å². The lowest BCUT2D eigenvalue weighted by molar-refractivity contribution is 0.0615. The second kappa shape index (κ2) is 6.80. The van der Waals surface area contributed by atoms with Crippen LogP contribution in [-0.4, -0.2) is 17.9 Å². The SMILES string of the molecule is CN1C(=O)c2ccccc2NC1(C)c1ccc(OCc2ccccc2)cc1. The first-order valence-electron chi connectivity index (χ1n) is 9.00. The van der Waals surface area contributed by atoms with Crippen LogP contribution in [0.2, 0.25) is 0 Å². The Bertz CT molecular complexity index is 954. The highest BCUT2D eigenvalue weighted by molar-refractivity contribution is 6.02. The molecule has 0 spiro atoms. The van der Waals surface area contributed by atoms with E-state index in [-0.39, 0.29) is 5.91 Å². The van der Waals surface area contributed by atoms with Crippen molar-refractivity contribution in [3.05, 3.63) is 95.6 Å². The summed E-state index contributed by atoms with van der Waals surface area (Å²) >= 11 is 0. The molecule has 4 nitrogen and oxygen atoms in total. The van der Waals surface area contributed by atoms with E-state index >= 15 is 0 Å². The van der Waals surface area contributed by atoms with Crippen molar-refractivity contribution in [3.63, 3.8) is 0 Å². The first kappa shape index (κ1) is 17.2. The van der Waals surface area contributed by atoms with Gasteiger partial charge in [-0.3, -0.25) is 4.79 Å². The predicted octanol–water partition coefficient (Wildman–Crippen LogP) is 4.64. The van der Waals surface area contributed by atoms with Gasteiger partial charge in [0.05, 0.1) is 5.56 Å². The average Bonchev–Trinajstić information content (AvgIpc) is 2.72. The molecule has 4 heteroatoms. The first-order chi connectivity index (χ1) is 13.1. The molecule has 3 aromatic rings. The van der Waals surface area contributed by atoms with Crippen molar-refractivity contribution in [1.29, 1.82) is 0 Å². The van der Waals surface area contributed by atoms with Crippen LogP contribution >= 0.6 is 0 Å². The van der Waals surface area contributed by atoms with Crippen LogP contribution in [0.5, 0.6) is 5.75 Å². The predicted molar refractivity (Wildman–Crippen MR) is 107 cm³/mol. The number of nitrogens with zero attached hydrogens (tertiary/aromatic N) is 1. The molecule has 1 aliphatic heterocycles. The Morgan fingerprint density at radius 2 is 1.59 bits per heavy atom. The molecule has 27 heavy (non-hydrogen) atoms. The molecule has 0 radical (unpaired) electrons. The maximum Gasteiger partial charge on any atom is 0.257 e. The molecule has 0 aliphatic carbocycles. The van der Waals surface area contributed by atoms with Crippen molar-refractivity contribution in [2.75, 3.05) is 12.4 Å². The molecule has 1 atom stereocenters. The van der Waals surface area contributed by atoms with Crippen LogP contribution in [0.25, 0.3) is 0 Å². The minimum Gasteiger partial charge on any atom is -0.489 e. The highest BCUT2D eigenvalue weighted by Crippen LogP contribution is 2.37. The Balaban J connectivity index is 1.55. The minimum absolute atomic E-state index is 0.0104. The van der Waals surface area contributed by atoms with Crippen molar-refractivity contribution >= 4 is 11.6 Å². The van der Waals surface area contributed by atoms with E-state index in [1.54, 1.807) is 4.90 Å². The number of hydrogen-bond donors (Lipinski definition) is 1. The summed E-state index contributed by atoms with van der Waals surface area (Å²) in [5.74, 6) is 0.813. The van der Waals surface area contributed by atoms with Crippen molar-refractivity contribution < 1.29 is 9.53 Å². The molecule has 1 N–H and O–H groups in total. The van der Waals surface area contributed by atoms with Crippen LogP contribution in [0, 0.1) is 0 Å². The minimum atomic E-state index is -0.622. The van der Waals surface area contributed by atoms with Crippen molar-refractivity contribution in [2.45, 2.75) is 19.2 Å². The van der Waals surface area contributed by atoms with E-state index in [2.05, 4.69) is 5.32 Å². The van der Waals surface area contributed by atoms with Gasteiger partial charge in [0, 0.05) is 12.7 Å². The molecule has 1 amide bonds. The van der Waals surface area contributed by atoms with E-state index in [0.717, 1.165) is 22.6 Å². The number of carbonyl (C=O) groups is 1. The van der Waals surface area contributed by atoms with Crippen LogP contribution in [0.1, 0.15) is 28.4 Å². The second-order valence-electron chi connectivity index (χ2n) is 6.91. The zero-order valence-corrected chi connectivity index (χ0v) is 15.5. The lowest BCUT2D eigenvalue weighted by atomic mass is 9.94. The zero-order valence-electron chi connectivity index (χ0n) is 15.5. The van der Waals surface area contributed by atoms with Gasteiger partial charge in [-0.15, -0.1) is 0 Å². The van der Waals surface area contributed by atoms with Gasteiger partial charge in [-0.1, -0.05) is 54.6 Å². The Morgan fingerprint density at radius 3 is 2.33 bits per heavy atom. The number of hydrogen-bond acceptors (Lipinski definition) is 3. The molecule has 136 valence electrons. The monoisotopic (exact) mass is 358 g/mol. The summed E-state index contributed by atoms with van der Waals surface area (Å²) in [5, 5.41) is 3.51. The zero-order chi connectivity index (χ0) is 18.9. The fourth-order valence-electron chi connectivity index (χ4n) is 3.39. The van der Waals surface area contributed by atoms with Crippen LogP contribution in [-0.2, 0) is 12.3 Å². The van der Waals surface area contributed by atoms with Crippen molar-refractivity contribution in [2.24, 2.45) is 0 Å². The van der Waals surface area contributed by atoms with Crippen LogP contribution < -0.4 is 10.1 Å². The number of rotatable bonds is 4. The molecular formula is C23H22N2O2. The molecule has 1 aliphatic rings. The summed E-state index contributed by atoms with van der Waals surface area (Å²) in [6, 6.07) is 25.6. The number of anilines is 1. The average molecular weight is 358 g/mol. The largest absolute Gasteiger partial charge is 0.489 e. The lowest BCUT2D eigenvalue weighted by Gasteiger charge is -2.44. The van der Waals surface area contributed by atoms with Crippen molar-refractivity contribution in [3.8, 4) is 5.75 Å². The fraction of sp³-hybridized carbons (Fsp3) is 0.174. The van der Waals surface area contributed by atoms with Gasteiger partial charge in [0.1, 0.15) is 18.0 Å². The summed E-state index contributed by atoms with van der Waals surface area (Å²) in [5.41, 5.74) is 3.06. The third-order valence-electron chi connectivity index (χ3n) is 5.18. The number of carbonyl (C=O) groups excluding carboxylic acids is 1. The van der Waals surface area contributed by atoms with E-state index in [9.17, 15) is 4.79 Å². The van der Waals surface area contributed by atoms with Crippen LogP contribution in [0.4, 0.5) is 5.69 Å². The summed E-state index contributed by atoms with van der Waals surface area (Å²) in [7, 11) is 1.82. The summed E-state index contributed by atoms with van der Waals surface area (Å²) < 4.78 is 5.87. The van der Waals surface area contributed by atoms with Gasteiger partial charge in [-0.25, -0.2) is 0 Å². The number of fused-ring (bicyclic) bond motifs is 1. The second-order valence-corrected chi connectivity index (χ2v) is 6.91. The van der Waals surface area contributed by atoms with Gasteiger partial charge in [-0.2, -0.15) is 0 Å². The van der Waals surface area contributed by atoms with Gasteiger partial charge < -0.3 is 15.0 Å². The number of nitrogens with one attached hydrogen (secondary N) is 1. The van der Waals surface area contributed by atoms with E-state index in [0.29, 0.717) is 12.2 Å². The summed E-state index contributed by atoms with van der Waals surface area (Å²) in [4.78, 5) is 14.5. The highest BCUT2D eigenvalue weighted by atomic mass is 16.5. The smallest absolute Gasteiger partial charge is 0.257 e. The Hall–Kier alpha value is -3.27. The summed E-state index contributed by atoms with van der Waals surface area (Å²) in [6.07, 6.45) is 0. The van der Waals surface area contributed by atoms with Gasteiger partial charge in [0.2, 0.25) is 0 Å². The third kappa shape index (κ3) is 3.14. The normalized spacial score (nSPS) is 18.6. The molecule has 1 unspecified atom stereocenters. The maximum atomic E-state index is 12.8. The number of para-hydroxylation sites is 1. The van der Waals surface area contributed by atoms with Gasteiger partial charge in [0.25, 0.3) is 5.91 Å². The molecule has 0 bridgehead atoms.